The van der Waals surface area contributed by atoms with Crippen LogP contribution < -0.4 is 14.8 Å². The minimum Gasteiger partial charge on any atom is -0.493 e. The highest BCUT2D eigenvalue weighted by Crippen LogP contribution is 2.16. The zero-order chi connectivity index (χ0) is 18.1. The molecule has 0 atom stereocenters. The Morgan fingerprint density at radius 2 is 2.08 bits per heavy atom. The average molecular weight is 343 g/mol. The molecule has 0 spiro atoms. The molecule has 2 aromatic rings. The van der Waals surface area contributed by atoms with E-state index in [1.165, 1.54) is 0 Å². The van der Waals surface area contributed by atoms with Crippen LogP contribution in [0.25, 0.3) is 0 Å². The Labute approximate surface area is 148 Å². The van der Waals surface area contributed by atoms with Gasteiger partial charge in [0.25, 0.3) is 0 Å². The molecule has 0 radical (unpaired) electrons. The first-order valence-electron chi connectivity index (χ1n) is 8.26. The Kier molecular flexibility index (Phi) is 7.07. The van der Waals surface area contributed by atoms with Crippen LogP contribution in [0.1, 0.15) is 17.5 Å². The van der Waals surface area contributed by atoms with Crippen LogP contribution in [0.2, 0.25) is 0 Å². The number of hydrogen-bond donors (Lipinski definition) is 1. The van der Waals surface area contributed by atoms with Gasteiger partial charge in [-0.05, 0) is 36.6 Å². The van der Waals surface area contributed by atoms with Crippen molar-refractivity contribution >= 4 is 6.03 Å². The van der Waals surface area contributed by atoms with E-state index >= 15 is 0 Å². The Morgan fingerprint density at radius 1 is 1.28 bits per heavy atom. The first kappa shape index (κ1) is 18.6. The van der Waals surface area contributed by atoms with E-state index in [4.69, 9.17) is 9.47 Å². The normalized spacial score (nSPS) is 10.2. The van der Waals surface area contributed by atoms with Gasteiger partial charge in [-0.2, -0.15) is 0 Å². The number of nitrogens with one attached hydrogen (secondary N) is 1. The van der Waals surface area contributed by atoms with E-state index in [1.54, 1.807) is 31.3 Å². The maximum Gasteiger partial charge on any atom is 0.317 e. The summed E-state index contributed by atoms with van der Waals surface area (Å²) in [5.41, 5.74) is 2.05. The highest BCUT2D eigenvalue weighted by Gasteiger charge is 2.08. The molecule has 0 aliphatic rings. The summed E-state index contributed by atoms with van der Waals surface area (Å²) in [6.07, 6.45) is 2.42. The molecule has 0 saturated heterocycles. The van der Waals surface area contributed by atoms with Gasteiger partial charge in [0.1, 0.15) is 5.75 Å². The van der Waals surface area contributed by atoms with Crippen molar-refractivity contribution in [1.82, 2.24) is 15.2 Å². The number of nitrogens with zero attached hydrogens (tertiary/aromatic N) is 2. The van der Waals surface area contributed by atoms with E-state index in [-0.39, 0.29) is 6.03 Å². The van der Waals surface area contributed by atoms with Crippen LogP contribution in [0.3, 0.4) is 0 Å². The van der Waals surface area contributed by atoms with Crippen molar-refractivity contribution in [2.75, 3.05) is 27.3 Å². The predicted molar refractivity (Wildman–Crippen MR) is 96.9 cm³/mol. The van der Waals surface area contributed by atoms with Crippen molar-refractivity contribution < 1.29 is 14.3 Å². The van der Waals surface area contributed by atoms with Crippen molar-refractivity contribution in [3.63, 3.8) is 0 Å². The van der Waals surface area contributed by atoms with Gasteiger partial charge in [-0.25, -0.2) is 9.78 Å². The third-order valence-corrected chi connectivity index (χ3v) is 3.79. The van der Waals surface area contributed by atoms with Gasteiger partial charge in [-0.1, -0.05) is 18.2 Å². The second-order valence-corrected chi connectivity index (χ2v) is 5.75. The predicted octanol–water partition coefficient (Wildman–Crippen LogP) is 3.01. The number of rotatable bonds is 8. The maximum absolute atomic E-state index is 12.1. The number of aromatic nitrogens is 1. The highest BCUT2D eigenvalue weighted by atomic mass is 16.5. The summed E-state index contributed by atoms with van der Waals surface area (Å²) in [6.45, 7) is 3.65. The summed E-state index contributed by atoms with van der Waals surface area (Å²) in [6, 6.07) is 11.4. The lowest BCUT2D eigenvalue weighted by molar-refractivity contribution is 0.203. The van der Waals surface area contributed by atoms with Crippen LogP contribution >= 0.6 is 0 Å². The number of hydrogen-bond acceptors (Lipinski definition) is 4. The Morgan fingerprint density at radius 3 is 2.84 bits per heavy atom. The van der Waals surface area contributed by atoms with Crippen LogP contribution in [0.5, 0.6) is 11.6 Å². The number of urea groups is 1. The number of methoxy groups -OCH3 is 1. The van der Waals surface area contributed by atoms with Crippen molar-refractivity contribution in [2.45, 2.75) is 19.9 Å². The smallest absolute Gasteiger partial charge is 0.317 e. The molecule has 0 bridgehead atoms. The van der Waals surface area contributed by atoms with E-state index in [0.29, 0.717) is 25.6 Å². The summed E-state index contributed by atoms with van der Waals surface area (Å²) >= 11 is 0. The minimum atomic E-state index is -0.119. The fourth-order valence-corrected chi connectivity index (χ4v) is 2.29. The lowest BCUT2D eigenvalue weighted by atomic mass is 10.2. The fourth-order valence-electron chi connectivity index (χ4n) is 2.29. The first-order valence-corrected chi connectivity index (χ1v) is 8.26. The van der Waals surface area contributed by atoms with E-state index in [2.05, 4.69) is 10.3 Å². The van der Waals surface area contributed by atoms with Crippen LogP contribution in [-0.4, -0.2) is 43.2 Å². The number of benzene rings is 1. The van der Waals surface area contributed by atoms with Gasteiger partial charge in [0.05, 0.1) is 13.7 Å². The molecule has 6 heteroatoms. The third-order valence-electron chi connectivity index (χ3n) is 3.79. The molecule has 6 nitrogen and oxygen atoms in total. The monoisotopic (exact) mass is 343 g/mol. The number of amides is 2. The van der Waals surface area contributed by atoms with Gasteiger partial charge in [-0.3, -0.25) is 0 Å². The fraction of sp³-hybridized carbons (Fsp3) is 0.368. The molecule has 0 aliphatic carbocycles. The van der Waals surface area contributed by atoms with Crippen molar-refractivity contribution in [2.24, 2.45) is 0 Å². The van der Waals surface area contributed by atoms with Gasteiger partial charge < -0.3 is 19.7 Å². The summed E-state index contributed by atoms with van der Waals surface area (Å²) < 4.78 is 10.8. The van der Waals surface area contributed by atoms with Crippen LogP contribution in [0.15, 0.2) is 42.6 Å². The maximum atomic E-state index is 12.1. The van der Waals surface area contributed by atoms with Gasteiger partial charge in [0.2, 0.25) is 5.88 Å². The lowest BCUT2D eigenvalue weighted by Gasteiger charge is -2.18. The molecule has 0 saturated carbocycles. The molecule has 2 amide bonds. The van der Waals surface area contributed by atoms with E-state index in [0.717, 1.165) is 23.3 Å². The molecule has 0 aliphatic heterocycles. The summed E-state index contributed by atoms with van der Waals surface area (Å²) in [5.74, 6) is 1.43. The van der Waals surface area contributed by atoms with Crippen molar-refractivity contribution in [3.05, 3.63) is 53.7 Å². The standard InChI is InChI=1S/C19H25N3O3/c1-15-7-4-5-8-17(15)25-12-6-11-22(2)19(23)21-14-16-9-10-20-18(13-16)24-3/h4-5,7-10,13H,6,11-12,14H2,1-3H3,(H,21,23). The molecule has 1 aromatic carbocycles. The van der Waals surface area contributed by atoms with E-state index < -0.39 is 0 Å². The largest absolute Gasteiger partial charge is 0.493 e. The molecule has 1 heterocycles. The zero-order valence-electron chi connectivity index (χ0n) is 15.0. The Bertz CT molecular complexity index is 691. The number of ether oxygens (including phenoxy) is 2. The van der Waals surface area contributed by atoms with Gasteiger partial charge in [-0.15, -0.1) is 0 Å². The molecule has 0 unspecified atom stereocenters. The molecule has 1 N–H and O–H groups in total. The number of carbonyl (C=O) groups excluding carboxylic acids is 1. The van der Waals surface area contributed by atoms with Gasteiger partial charge >= 0.3 is 6.03 Å². The SMILES string of the molecule is COc1cc(CNC(=O)N(C)CCCOc2ccccc2C)ccn1. The Balaban J connectivity index is 1.68. The average Bonchev–Trinajstić information content (AvgIpc) is 2.64. The molecule has 1 aromatic heterocycles. The van der Waals surface area contributed by atoms with Crippen LogP contribution in [-0.2, 0) is 6.54 Å². The van der Waals surface area contributed by atoms with Crippen molar-refractivity contribution in [1.29, 1.82) is 0 Å². The zero-order valence-corrected chi connectivity index (χ0v) is 15.0. The van der Waals surface area contributed by atoms with Crippen LogP contribution in [0, 0.1) is 6.92 Å². The summed E-state index contributed by atoms with van der Waals surface area (Å²) in [7, 11) is 3.34. The van der Waals surface area contributed by atoms with Gasteiger partial charge in [0, 0.05) is 32.4 Å². The lowest BCUT2D eigenvalue weighted by Crippen LogP contribution is -2.37. The minimum absolute atomic E-state index is 0.119. The van der Waals surface area contributed by atoms with Gasteiger partial charge in [0.15, 0.2) is 0 Å². The molecule has 2 rings (SSSR count). The Hall–Kier alpha value is -2.76. The number of aryl methyl sites for hydroxylation is 1. The quantitative estimate of drug-likeness (QED) is 0.749. The van der Waals surface area contributed by atoms with Crippen molar-refractivity contribution in [3.8, 4) is 11.6 Å². The summed E-state index contributed by atoms with van der Waals surface area (Å²) in [5, 5.41) is 2.88. The number of para-hydroxylation sites is 1. The second-order valence-electron chi connectivity index (χ2n) is 5.75. The topological polar surface area (TPSA) is 63.7 Å². The first-order chi connectivity index (χ1) is 12.1. The third kappa shape index (κ3) is 5.99. The summed E-state index contributed by atoms with van der Waals surface area (Å²) in [4.78, 5) is 17.8. The molecule has 134 valence electrons. The van der Waals surface area contributed by atoms with Crippen LogP contribution in [0.4, 0.5) is 4.79 Å². The number of pyridine rings is 1. The molecular weight excluding hydrogens is 318 g/mol. The van der Waals surface area contributed by atoms with E-state index in [1.807, 2.05) is 37.3 Å². The molecular formula is C19H25N3O3. The van der Waals surface area contributed by atoms with E-state index in [9.17, 15) is 4.79 Å². The molecule has 0 fully saturated rings. The second kappa shape index (κ2) is 9.52. The molecule has 25 heavy (non-hydrogen) atoms. The highest BCUT2D eigenvalue weighted by molar-refractivity contribution is 5.73. The number of carbonyl (C=O) groups is 1.